The Balaban J connectivity index is 1.98. The molecule has 0 aliphatic heterocycles. The second-order valence-electron chi connectivity index (χ2n) is 8.31. The molecule has 30 heavy (non-hydrogen) atoms. The van der Waals surface area contributed by atoms with Crippen LogP contribution in [0.2, 0.25) is 0 Å². The van der Waals surface area contributed by atoms with Crippen LogP contribution in [0.4, 0.5) is 0 Å². The van der Waals surface area contributed by atoms with E-state index in [-0.39, 0.29) is 10.8 Å². The van der Waals surface area contributed by atoms with Gasteiger partial charge in [0.2, 0.25) is 0 Å². The third-order valence-corrected chi connectivity index (χ3v) is 8.13. The Morgan fingerprint density at radius 1 is 0.467 bits per heavy atom. The van der Waals surface area contributed by atoms with Crippen molar-refractivity contribution < 1.29 is 0 Å². The Kier molecular flexibility index (Phi) is 4.76. The first kappa shape index (κ1) is 19.8. The van der Waals surface area contributed by atoms with E-state index in [1.165, 1.54) is 33.4 Å². The topological polar surface area (TPSA) is 0 Å². The van der Waals surface area contributed by atoms with Crippen molar-refractivity contribution in [2.45, 2.75) is 24.7 Å². The highest BCUT2D eigenvalue weighted by molar-refractivity contribution is 9.10. The lowest BCUT2D eigenvalue weighted by atomic mass is 9.55. The Bertz CT molecular complexity index is 1130. The molecule has 0 fully saturated rings. The summed E-state index contributed by atoms with van der Waals surface area (Å²) in [5, 5.41) is 0. The Morgan fingerprint density at radius 3 is 1.20 bits per heavy atom. The Hall–Kier alpha value is -2.16. The van der Waals surface area contributed by atoms with Crippen LogP contribution in [0.5, 0.6) is 0 Å². The van der Waals surface area contributed by atoms with Gasteiger partial charge < -0.3 is 0 Å². The molecule has 2 atom stereocenters. The van der Waals surface area contributed by atoms with Gasteiger partial charge in [0, 0.05) is 19.8 Å². The molecule has 1 aliphatic carbocycles. The number of hydrogen-bond acceptors (Lipinski definition) is 0. The van der Waals surface area contributed by atoms with Crippen LogP contribution in [0.3, 0.4) is 0 Å². The van der Waals surface area contributed by atoms with Crippen molar-refractivity contribution in [1.29, 1.82) is 0 Å². The minimum atomic E-state index is -0.274. The van der Waals surface area contributed by atoms with Gasteiger partial charge >= 0.3 is 0 Å². The van der Waals surface area contributed by atoms with Crippen molar-refractivity contribution in [3.8, 4) is 0 Å². The van der Waals surface area contributed by atoms with Gasteiger partial charge in [-0.3, -0.25) is 0 Å². The number of rotatable bonds is 2. The maximum absolute atomic E-state index is 3.94. The van der Waals surface area contributed by atoms with Crippen LogP contribution in [0.25, 0.3) is 0 Å². The lowest BCUT2D eigenvalue weighted by molar-refractivity contribution is 0.562. The molecular formula is C28H22Br2. The minimum Gasteiger partial charge on any atom is -0.0622 e. The first-order valence-electron chi connectivity index (χ1n) is 10.2. The van der Waals surface area contributed by atoms with E-state index in [0.29, 0.717) is 0 Å². The molecule has 0 aromatic heterocycles. The van der Waals surface area contributed by atoms with Crippen molar-refractivity contribution in [2.75, 3.05) is 0 Å². The van der Waals surface area contributed by atoms with E-state index >= 15 is 0 Å². The van der Waals surface area contributed by atoms with E-state index < -0.39 is 0 Å². The van der Waals surface area contributed by atoms with Gasteiger partial charge in [0.1, 0.15) is 0 Å². The fourth-order valence-corrected chi connectivity index (χ4v) is 6.84. The summed E-state index contributed by atoms with van der Waals surface area (Å²) in [5.74, 6) is 0. The predicted octanol–water partition coefficient (Wildman–Crippen LogP) is 8.23. The lowest BCUT2D eigenvalue weighted by Crippen LogP contribution is -2.41. The van der Waals surface area contributed by atoms with Gasteiger partial charge in [0.15, 0.2) is 0 Å². The number of hydrogen-bond donors (Lipinski definition) is 0. The van der Waals surface area contributed by atoms with E-state index in [4.69, 9.17) is 0 Å². The molecule has 0 spiro atoms. The lowest BCUT2D eigenvalue weighted by Gasteiger charge is -2.48. The molecule has 0 heterocycles. The van der Waals surface area contributed by atoms with Crippen molar-refractivity contribution in [3.63, 3.8) is 0 Å². The normalized spacial score (nSPS) is 22.3. The average Bonchev–Trinajstić information content (AvgIpc) is 2.78. The predicted molar refractivity (Wildman–Crippen MR) is 132 cm³/mol. The Labute approximate surface area is 195 Å². The first-order chi connectivity index (χ1) is 14.5. The second-order valence-corrected chi connectivity index (χ2v) is 10.0. The summed E-state index contributed by atoms with van der Waals surface area (Å²) >= 11 is 7.88. The standard InChI is InChI=1S/C28H22Br2/c1-27(19-11-5-3-6-12-19)21-15-9-18-24(30)26(21)28(2,20-13-7-4-8-14-20)22-16-10-17-23(29)25(22)27/h3-18H,1-2H3. The van der Waals surface area contributed by atoms with Gasteiger partial charge in [-0.1, -0.05) is 117 Å². The second kappa shape index (κ2) is 7.21. The molecule has 4 aromatic carbocycles. The molecule has 2 heteroatoms. The molecule has 0 bridgehead atoms. The fraction of sp³-hybridized carbons (Fsp3) is 0.143. The molecule has 148 valence electrons. The molecule has 0 nitrogen and oxygen atoms in total. The smallest absolute Gasteiger partial charge is 0.0441 e. The number of benzene rings is 4. The highest BCUT2D eigenvalue weighted by Crippen LogP contribution is 2.58. The van der Waals surface area contributed by atoms with Gasteiger partial charge in [-0.15, -0.1) is 0 Å². The molecule has 1 aliphatic rings. The zero-order chi connectivity index (χ0) is 20.9. The summed E-state index contributed by atoms with van der Waals surface area (Å²) in [4.78, 5) is 0. The first-order valence-corrected chi connectivity index (χ1v) is 11.8. The molecule has 0 saturated heterocycles. The van der Waals surface area contributed by atoms with Crippen LogP contribution in [-0.4, -0.2) is 0 Å². The van der Waals surface area contributed by atoms with Gasteiger partial charge in [0.05, 0.1) is 0 Å². The molecule has 0 radical (unpaired) electrons. The molecule has 2 unspecified atom stereocenters. The van der Waals surface area contributed by atoms with Gasteiger partial charge in [-0.25, -0.2) is 0 Å². The number of halogens is 2. The quantitative estimate of drug-likeness (QED) is 0.251. The van der Waals surface area contributed by atoms with E-state index in [9.17, 15) is 0 Å². The van der Waals surface area contributed by atoms with Crippen LogP contribution >= 0.6 is 31.9 Å². The summed E-state index contributed by atoms with van der Waals surface area (Å²) < 4.78 is 2.30. The fourth-order valence-electron chi connectivity index (χ4n) is 5.31. The highest BCUT2D eigenvalue weighted by Gasteiger charge is 2.49. The van der Waals surface area contributed by atoms with Crippen molar-refractivity contribution in [1.82, 2.24) is 0 Å². The minimum absolute atomic E-state index is 0.274. The summed E-state index contributed by atoms with van der Waals surface area (Å²) in [5.41, 5.74) is 7.41. The summed E-state index contributed by atoms with van der Waals surface area (Å²) in [7, 11) is 0. The third-order valence-electron chi connectivity index (χ3n) is 6.81. The van der Waals surface area contributed by atoms with Crippen LogP contribution in [0.15, 0.2) is 106 Å². The summed E-state index contributed by atoms with van der Waals surface area (Å²) in [6, 6.07) is 35.0. The zero-order valence-electron chi connectivity index (χ0n) is 17.0. The zero-order valence-corrected chi connectivity index (χ0v) is 20.2. The maximum Gasteiger partial charge on any atom is 0.0441 e. The van der Waals surface area contributed by atoms with Crippen LogP contribution in [0.1, 0.15) is 47.2 Å². The maximum atomic E-state index is 3.94. The molecule has 5 rings (SSSR count). The molecule has 0 saturated carbocycles. The van der Waals surface area contributed by atoms with E-state index in [1.54, 1.807) is 0 Å². The monoisotopic (exact) mass is 516 g/mol. The van der Waals surface area contributed by atoms with Gasteiger partial charge in [0.25, 0.3) is 0 Å². The van der Waals surface area contributed by atoms with Gasteiger partial charge in [-0.2, -0.15) is 0 Å². The van der Waals surface area contributed by atoms with Crippen molar-refractivity contribution in [2.24, 2.45) is 0 Å². The SMILES string of the molecule is CC1(c2ccccc2)c2cccc(Br)c2C(C)(c2ccccc2)c2cccc(Br)c21. The molecule has 0 N–H and O–H groups in total. The highest BCUT2D eigenvalue weighted by atomic mass is 79.9. The summed E-state index contributed by atoms with van der Waals surface area (Å²) in [6.07, 6.45) is 0. The van der Waals surface area contributed by atoms with E-state index in [1.807, 2.05) is 0 Å². The summed E-state index contributed by atoms with van der Waals surface area (Å²) in [6.45, 7) is 4.73. The number of fused-ring (bicyclic) bond motifs is 2. The largest absolute Gasteiger partial charge is 0.0622 e. The van der Waals surface area contributed by atoms with E-state index in [0.717, 1.165) is 8.95 Å². The van der Waals surface area contributed by atoms with Crippen LogP contribution in [-0.2, 0) is 10.8 Å². The van der Waals surface area contributed by atoms with Crippen molar-refractivity contribution in [3.05, 3.63) is 139 Å². The molecule has 0 amide bonds. The molecule has 4 aromatic rings. The molecular weight excluding hydrogens is 496 g/mol. The van der Waals surface area contributed by atoms with Crippen LogP contribution in [0, 0.1) is 0 Å². The van der Waals surface area contributed by atoms with Gasteiger partial charge in [-0.05, 0) is 59.4 Å². The average molecular weight is 518 g/mol. The Morgan fingerprint density at radius 2 is 0.833 bits per heavy atom. The third kappa shape index (κ3) is 2.63. The van der Waals surface area contributed by atoms with E-state index in [2.05, 4.69) is 143 Å². The van der Waals surface area contributed by atoms with Crippen LogP contribution < -0.4 is 0 Å². The van der Waals surface area contributed by atoms with Crippen molar-refractivity contribution >= 4 is 31.9 Å².